The van der Waals surface area contributed by atoms with Gasteiger partial charge >= 0.3 is 6.03 Å². The average molecular weight is 436 g/mol. The molecule has 1 aliphatic carbocycles. The molecule has 3 amide bonds. The lowest BCUT2D eigenvalue weighted by Gasteiger charge is -2.42. The van der Waals surface area contributed by atoms with Gasteiger partial charge in [0.05, 0.1) is 28.2 Å². The fourth-order valence-electron chi connectivity index (χ4n) is 3.54. The van der Waals surface area contributed by atoms with Crippen LogP contribution in [-0.4, -0.2) is 54.0 Å². The lowest BCUT2D eigenvalue weighted by atomic mass is 9.88. The zero-order valence-corrected chi connectivity index (χ0v) is 18.6. The highest BCUT2D eigenvalue weighted by atomic mass is 35.5. The first-order chi connectivity index (χ1) is 13.7. The second-order valence-corrected chi connectivity index (χ2v) is 8.07. The number of carbonyl (C=O) groups excluding carboxylic acids is 2. The van der Waals surface area contributed by atoms with E-state index in [1.807, 2.05) is 6.92 Å². The summed E-state index contributed by atoms with van der Waals surface area (Å²) in [6, 6.07) is 4.52. The number of urea groups is 1. The van der Waals surface area contributed by atoms with E-state index >= 15 is 0 Å². The van der Waals surface area contributed by atoms with E-state index in [1.165, 1.54) is 6.08 Å². The standard InChI is InChI=1S/C22H27Cl2N3O2/c1-5-21(28)26(3)19-8-6-7-9-20(19)27(4)22(29)25-15(2)10-11-16-12-13-17(23)18(24)14-16/h5,12-15,19-20H,1,6-9H2,2-4H3,(H,25,29)/t15-,19-,20-/m0/s1. The summed E-state index contributed by atoms with van der Waals surface area (Å²) >= 11 is 11.9. The highest BCUT2D eigenvalue weighted by Gasteiger charge is 2.34. The predicted molar refractivity (Wildman–Crippen MR) is 118 cm³/mol. The van der Waals surface area contributed by atoms with Crippen LogP contribution in [0.1, 0.15) is 38.2 Å². The second kappa shape index (κ2) is 10.6. The van der Waals surface area contributed by atoms with Gasteiger partial charge in [0, 0.05) is 19.7 Å². The third kappa shape index (κ3) is 6.16. The summed E-state index contributed by atoms with van der Waals surface area (Å²) in [5.74, 6) is 5.87. The molecule has 0 aliphatic heterocycles. The zero-order chi connectivity index (χ0) is 21.6. The van der Waals surface area contributed by atoms with Crippen molar-refractivity contribution in [1.82, 2.24) is 15.1 Å². The number of nitrogens with one attached hydrogen (secondary N) is 1. The first-order valence-electron chi connectivity index (χ1n) is 9.63. The Morgan fingerprint density at radius 3 is 2.38 bits per heavy atom. The van der Waals surface area contributed by atoms with E-state index in [9.17, 15) is 9.59 Å². The molecular weight excluding hydrogens is 409 g/mol. The number of nitrogens with zero attached hydrogens (tertiary/aromatic N) is 2. The van der Waals surface area contributed by atoms with Gasteiger partial charge in [-0.2, -0.15) is 0 Å². The maximum atomic E-state index is 12.8. The van der Waals surface area contributed by atoms with Crippen LogP contribution in [0.15, 0.2) is 30.9 Å². The first-order valence-corrected chi connectivity index (χ1v) is 10.4. The van der Waals surface area contributed by atoms with Crippen molar-refractivity contribution < 1.29 is 9.59 Å². The lowest BCUT2D eigenvalue weighted by molar-refractivity contribution is -0.128. The molecule has 1 fully saturated rings. The van der Waals surface area contributed by atoms with Crippen molar-refractivity contribution in [2.75, 3.05) is 14.1 Å². The maximum Gasteiger partial charge on any atom is 0.318 e. The number of benzene rings is 1. The molecule has 0 spiro atoms. The summed E-state index contributed by atoms with van der Waals surface area (Å²) in [7, 11) is 3.54. The summed E-state index contributed by atoms with van der Waals surface area (Å²) in [6.45, 7) is 5.38. The molecule has 7 heteroatoms. The molecule has 0 saturated heterocycles. The van der Waals surface area contributed by atoms with Crippen LogP contribution < -0.4 is 5.32 Å². The Labute approximate surface area is 183 Å². The van der Waals surface area contributed by atoms with Gasteiger partial charge in [-0.1, -0.05) is 54.5 Å². The van der Waals surface area contributed by atoms with Gasteiger partial charge in [-0.3, -0.25) is 4.79 Å². The fraction of sp³-hybridized carbons (Fsp3) is 0.455. The van der Waals surface area contributed by atoms with Crippen LogP contribution in [0.3, 0.4) is 0 Å². The number of rotatable bonds is 4. The molecule has 0 radical (unpaired) electrons. The van der Waals surface area contributed by atoms with Gasteiger partial charge in [-0.15, -0.1) is 0 Å². The Bertz CT molecular complexity index is 831. The molecule has 1 aromatic carbocycles. The molecule has 0 heterocycles. The topological polar surface area (TPSA) is 52.7 Å². The Morgan fingerprint density at radius 2 is 1.79 bits per heavy atom. The van der Waals surface area contributed by atoms with Crippen molar-refractivity contribution in [2.45, 2.75) is 50.7 Å². The monoisotopic (exact) mass is 435 g/mol. The number of likely N-dealkylation sites (N-methyl/N-ethyl adjacent to an activating group) is 2. The van der Waals surface area contributed by atoms with E-state index in [1.54, 1.807) is 42.1 Å². The fourth-order valence-corrected chi connectivity index (χ4v) is 3.84. The molecule has 1 aromatic rings. The second-order valence-electron chi connectivity index (χ2n) is 7.25. The van der Waals surface area contributed by atoms with E-state index in [-0.39, 0.29) is 30.1 Å². The van der Waals surface area contributed by atoms with Crippen molar-refractivity contribution in [3.05, 3.63) is 46.5 Å². The van der Waals surface area contributed by atoms with Crippen LogP contribution in [-0.2, 0) is 4.79 Å². The van der Waals surface area contributed by atoms with Crippen molar-refractivity contribution in [2.24, 2.45) is 0 Å². The third-order valence-corrected chi connectivity index (χ3v) is 5.96. The smallest absolute Gasteiger partial charge is 0.318 e. The van der Waals surface area contributed by atoms with Gasteiger partial charge in [0.25, 0.3) is 0 Å². The van der Waals surface area contributed by atoms with E-state index in [0.29, 0.717) is 10.0 Å². The molecule has 156 valence electrons. The van der Waals surface area contributed by atoms with E-state index in [0.717, 1.165) is 31.2 Å². The van der Waals surface area contributed by atoms with Crippen molar-refractivity contribution in [3.63, 3.8) is 0 Å². The maximum absolute atomic E-state index is 12.8. The molecule has 0 unspecified atom stereocenters. The highest BCUT2D eigenvalue weighted by Crippen LogP contribution is 2.26. The summed E-state index contributed by atoms with van der Waals surface area (Å²) in [4.78, 5) is 28.2. The molecule has 0 aromatic heterocycles. The number of hydrogen-bond acceptors (Lipinski definition) is 2. The van der Waals surface area contributed by atoms with Gasteiger partial charge in [-0.25, -0.2) is 4.79 Å². The van der Waals surface area contributed by atoms with Crippen molar-refractivity contribution in [3.8, 4) is 11.8 Å². The molecule has 1 aliphatic rings. The molecule has 1 saturated carbocycles. The predicted octanol–water partition coefficient (Wildman–Crippen LogP) is 4.33. The minimum atomic E-state index is -0.353. The molecule has 0 bridgehead atoms. The summed E-state index contributed by atoms with van der Waals surface area (Å²) in [5.41, 5.74) is 0.728. The van der Waals surface area contributed by atoms with Crippen molar-refractivity contribution in [1.29, 1.82) is 0 Å². The highest BCUT2D eigenvalue weighted by molar-refractivity contribution is 6.42. The van der Waals surface area contributed by atoms with Crippen LogP contribution in [0.25, 0.3) is 0 Å². The number of amides is 3. The van der Waals surface area contributed by atoms with Gasteiger partial charge < -0.3 is 15.1 Å². The quantitative estimate of drug-likeness (QED) is 0.564. The largest absolute Gasteiger partial charge is 0.337 e. The molecular formula is C22H27Cl2N3O2. The average Bonchev–Trinajstić information content (AvgIpc) is 2.72. The van der Waals surface area contributed by atoms with Gasteiger partial charge in [0.2, 0.25) is 5.91 Å². The lowest BCUT2D eigenvalue weighted by Crippen LogP contribution is -2.56. The Balaban J connectivity index is 2.03. The van der Waals surface area contributed by atoms with E-state index in [4.69, 9.17) is 23.2 Å². The van der Waals surface area contributed by atoms with Gasteiger partial charge in [0.15, 0.2) is 0 Å². The van der Waals surface area contributed by atoms with Crippen LogP contribution in [0.4, 0.5) is 4.79 Å². The number of hydrogen-bond donors (Lipinski definition) is 1. The van der Waals surface area contributed by atoms with Crippen LogP contribution in [0.2, 0.25) is 10.0 Å². The molecule has 29 heavy (non-hydrogen) atoms. The van der Waals surface area contributed by atoms with Gasteiger partial charge in [-0.05, 0) is 44.0 Å². The minimum absolute atomic E-state index is 0.0254. The molecule has 2 rings (SSSR count). The number of carbonyl (C=O) groups is 2. The minimum Gasteiger partial charge on any atom is -0.337 e. The first kappa shape index (κ1) is 23.1. The van der Waals surface area contributed by atoms with Gasteiger partial charge in [0.1, 0.15) is 0 Å². The number of halogens is 2. The Hall–Kier alpha value is -2.16. The van der Waals surface area contributed by atoms with E-state index < -0.39 is 0 Å². The van der Waals surface area contributed by atoms with Crippen LogP contribution >= 0.6 is 23.2 Å². The summed E-state index contributed by atoms with van der Waals surface area (Å²) in [6.07, 6.45) is 5.10. The van der Waals surface area contributed by atoms with Crippen LogP contribution in [0.5, 0.6) is 0 Å². The molecule has 3 atom stereocenters. The van der Waals surface area contributed by atoms with Crippen LogP contribution in [0, 0.1) is 11.8 Å². The Morgan fingerprint density at radius 1 is 1.17 bits per heavy atom. The van der Waals surface area contributed by atoms with E-state index in [2.05, 4.69) is 23.7 Å². The normalized spacial score (nSPS) is 19.3. The molecule has 5 nitrogen and oxygen atoms in total. The Kier molecular flexibility index (Phi) is 8.43. The summed E-state index contributed by atoms with van der Waals surface area (Å²) < 4.78 is 0. The van der Waals surface area contributed by atoms with Crippen molar-refractivity contribution >= 4 is 35.1 Å². The SMILES string of the molecule is C=CC(=O)N(C)[C@H]1CCCC[C@@H]1N(C)C(=O)N[C@@H](C)C#Cc1ccc(Cl)c(Cl)c1. The molecule has 1 N–H and O–H groups in total. The summed E-state index contributed by atoms with van der Waals surface area (Å²) in [5, 5.41) is 3.82. The third-order valence-electron chi connectivity index (χ3n) is 5.22. The zero-order valence-electron chi connectivity index (χ0n) is 17.0.